The largest absolute Gasteiger partial charge is 0.376 e. The highest BCUT2D eigenvalue weighted by Gasteiger charge is 2.20. The van der Waals surface area contributed by atoms with Crippen LogP contribution in [-0.2, 0) is 21.3 Å². The van der Waals surface area contributed by atoms with Gasteiger partial charge in [0.2, 0.25) is 0 Å². The van der Waals surface area contributed by atoms with Gasteiger partial charge in [-0.2, -0.15) is 5.10 Å². The maximum atomic E-state index is 10.9. The summed E-state index contributed by atoms with van der Waals surface area (Å²) >= 11 is 0. The van der Waals surface area contributed by atoms with E-state index in [0.29, 0.717) is 6.54 Å². The summed E-state index contributed by atoms with van der Waals surface area (Å²) in [4.78, 5) is 0. The number of hydrogen-bond donors (Lipinski definition) is 1. The van der Waals surface area contributed by atoms with E-state index in [2.05, 4.69) is 5.10 Å². The summed E-state index contributed by atoms with van der Waals surface area (Å²) in [6, 6.07) is 1.38. The van der Waals surface area contributed by atoms with Crippen LogP contribution in [0.25, 0.3) is 0 Å². The van der Waals surface area contributed by atoms with Gasteiger partial charge in [-0.15, -0.1) is 0 Å². The van der Waals surface area contributed by atoms with Gasteiger partial charge in [-0.05, 0) is 12.5 Å². The average Bonchev–Trinajstić information content (AvgIpc) is 2.43. The molecule has 0 bridgehead atoms. The van der Waals surface area contributed by atoms with Gasteiger partial charge < -0.3 is 4.74 Å². The van der Waals surface area contributed by atoms with Crippen LogP contribution in [0, 0.1) is 0 Å². The van der Waals surface area contributed by atoms with Gasteiger partial charge in [0.15, 0.2) is 5.03 Å². The van der Waals surface area contributed by atoms with Crippen LogP contribution in [0.2, 0.25) is 0 Å². The number of rotatable bonds is 3. The van der Waals surface area contributed by atoms with Gasteiger partial charge in [0.05, 0.1) is 12.6 Å². The minimum Gasteiger partial charge on any atom is -0.376 e. The highest BCUT2D eigenvalue weighted by atomic mass is 32.2. The molecule has 6 nitrogen and oxygen atoms in total. The molecule has 2 N–H and O–H groups in total. The zero-order valence-electron chi connectivity index (χ0n) is 7.46. The van der Waals surface area contributed by atoms with Gasteiger partial charge in [0.1, 0.15) is 0 Å². The van der Waals surface area contributed by atoms with Crippen molar-refractivity contribution in [2.75, 3.05) is 6.61 Å². The quantitative estimate of drug-likeness (QED) is 0.726. The Morgan fingerprint density at radius 2 is 2.43 bits per heavy atom. The second kappa shape index (κ2) is 3.34. The zero-order chi connectivity index (χ0) is 10.2. The molecule has 0 spiro atoms. The van der Waals surface area contributed by atoms with E-state index in [0.717, 1.165) is 13.0 Å². The van der Waals surface area contributed by atoms with Crippen molar-refractivity contribution >= 4 is 10.0 Å². The molecule has 14 heavy (non-hydrogen) atoms. The van der Waals surface area contributed by atoms with Gasteiger partial charge >= 0.3 is 0 Å². The van der Waals surface area contributed by atoms with Gasteiger partial charge in [0, 0.05) is 12.8 Å². The first-order valence-electron chi connectivity index (χ1n) is 4.23. The van der Waals surface area contributed by atoms with Crippen molar-refractivity contribution < 1.29 is 13.2 Å². The van der Waals surface area contributed by atoms with Crippen LogP contribution in [0.1, 0.15) is 6.42 Å². The van der Waals surface area contributed by atoms with Crippen molar-refractivity contribution in [2.24, 2.45) is 5.14 Å². The molecular formula is C7H11N3O3S. The minimum absolute atomic E-state index is 0.100. The SMILES string of the molecule is NS(=O)(=O)c1ccn(CC2CCO2)n1. The van der Waals surface area contributed by atoms with Crippen LogP contribution >= 0.6 is 0 Å². The molecule has 0 aliphatic carbocycles. The molecule has 1 aromatic rings. The number of nitrogens with two attached hydrogens (primary N) is 1. The normalized spacial score (nSPS) is 21.9. The first kappa shape index (κ1) is 9.63. The molecule has 1 aliphatic heterocycles. The number of hydrogen-bond acceptors (Lipinski definition) is 4. The summed E-state index contributed by atoms with van der Waals surface area (Å²) in [5.74, 6) is 0. The second-order valence-electron chi connectivity index (χ2n) is 3.20. The third-order valence-corrected chi connectivity index (χ3v) is 2.89. The number of nitrogens with zero attached hydrogens (tertiary/aromatic N) is 2. The van der Waals surface area contributed by atoms with Crippen molar-refractivity contribution in [3.63, 3.8) is 0 Å². The Balaban J connectivity index is 2.09. The van der Waals surface area contributed by atoms with Crippen molar-refractivity contribution in [3.8, 4) is 0 Å². The lowest BCUT2D eigenvalue weighted by molar-refractivity contribution is -0.0610. The summed E-state index contributed by atoms with van der Waals surface area (Å²) < 4.78 is 28.5. The Bertz CT molecular complexity index is 421. The minimum atomic E-state index is -3.68. The number of sulfonamides is 1. The molecule has 1 atom stereocenters. The van der Waals surface area contributed by atoms with E-state index < -0.39 is 10.0 Å². The fourth-order valence-corrected chi connectivity index (χ4v) is 1.70. The Hall–Kier alpha value is -0.920. The third kappa shape index (κ3) is 1.94. The van der Waals surface area contributed by atoms with Gasteiger partial charge in [-0.25, -0.2) is 13.6 Å². The van der Waals surface area contributed by atoms with Crippen LogP contribution in [0.15, 0.2) is 17.3 Å². The number of aromatic nitrogens is 2. The standard InChI is InChI=1S/C7H11N3O3S/c8-14(11,12)7-1-3-10(9-7)5-6-2-4-13-6/h1,3,6H,2,4-5H2,(H2,8,11,12). The molecular weight excluding hydrogens is 206 g/mol. The molecule has 0 aromatic carbocycles. The Morgan fingerprint density at radius 3 is 2.86 bits per heavy atom. The Labute approximate surface area is 81.7 Å². The molecule has 1 aromatic heterocycles. The van der Waals surface area contributed by atoms with E-state index in [-0.39, 0.29) is 11.1 Å². The zero-order valence-corrected chi connectivity index (χ0v) is 8.27. The van der Waals surface area contributed by atoms with E-state index >= 15 is 0 Å². The third-order valence-electron chi connectivity index (χ3n) is 2.09. The molecule has 2 rings (SSSR count). The monoisotopic (exact) mass is 217 g/mol. The lowest BCUT2D eigenvalue weighted by atomic mass is 10.2. The molecule has 1 saturated heterocycles. The highest BCUT2D eigenvalue weighted by Crippen LogP contribution is 2.13. The summed E-state index contributed by atoms with van der Waals surface area (Å²) in [6.07, 6.45) is 2.73. The van der Waals surface area contributed by atoms with Crippen molar-refractivity contribution in [2.45, 2.75) is 24.1 Å². The Morgan fingerprint density at radius 1 is 1.71 bits per heavy atom. The molecule has 1 unspecified atom stereocenters. The highest BCUT2D eigenvalue weighted by molar-refractivity contribution is 7.89. The van der Waals surface area contributed by atoms with Crippen molar-refractivity contribution in [1.82, 2.24) is 9.78 Å². The maximum Gasteiger partial charge on any atom is 0.257 e. The fourth-order valence-electron chi connectivity index (χ4n) is 1.23. The first-order chi connectivity index (χ1) is 6.55. The molecule has 0 radical (unpaired) electrons. The summed E-state index contributed by atoms with van der Waals surface area (Å²) in [5.41, 5.74) is 0. The first-order valence-corrected chi connectivity index (χ1v) is 5.78. The number of ether oxygens (including phenoxy) is 1. The summed E-state index contributed by atoms with van der Waals surface area (Å²) in [5, 5.41) is 8.64. The van der Waals surface area contributed by atoms with E-state index in [9.17, 15) is 8.42 Å². The van der Waals surface area contributed by atoms with E-state index in [1.807, 2.05) is 0 Å². The fraction of sp³-hybridized carbons (Fsp3) is 0.571. The van der Waals surface area contributed by atoms with Crippen LogP contribution in [-0.4, -0.2) is 30.9 Å². The summed E-state index contributed by atoms with van der Waals surface area (Å²) in [7, 11) is -3.68. The lowest BCUT2D eigenvalue weighted by Crippen LogP contribution is -2.31. The molecule has 0 saturated carbocycles. The lowest BCUT2D eigenvalue weighted by Gasteiger charge is -2.25. The van der Waals surface area contributed by atoms with Gasteiger partial charge in [0.25, 0.3) is 10.0 Å². The van der Waals surface area contributed by atoms with Crippen molar-refractivity contribution in [3.05, 3.63) is 12.3 Å². The smallest absolute Gasteiger partial charge is 0.257 e. The predicted molar refractivity (Wildman–Crippen MR) is 48.0 cm³/mol. The predicted octanol–water partition coefficient (Wildman–Crippen LogP) is -0.681. The molecule has 0 amide bonds. The van der Waals surface area contributed by atoms with E-state index in [4.69, 9.17) is 9.88 Å². The van der Waals surface area contributed by atoms with Crippen molar-refractivity contribution in [1.29, 1.82) is 0 Å². The van der Waals surface area contributed by atoms with Crippen LogP contribution in [0.3, 0.4) is 0 Å². The number of primary sulfonamides is 1. The molecule has 2 heterocycles. The topological polar surface area (TPSA) is 87.2 Å². The molecule has 78 valence electrons. The average molecular weight is 217 g/mol. The summed E-state index contributed by atoms with van der Waals surface area (Å²) in [6.45, 7) is 1.35. The van der Waals surface area contributed by atoms with E-state index in [1.54, 1.807) is 6.20 Å². The molecule has 7 heteroatoms. The van der Waals surface area contributed by atoms with Crippen LogP contribution < -0.4 is 5.14 Å². The maximum absolute atomic E-state index is 10.9. The van der Waals surface area contributed by atoms with E-state index in [1.165, 1.54) is 10.7 Å². The van der Waals surface area contributed by atoms with Gasteiger partial charge in [-0.3, -0.25) is 4.68 Å². The van der Waals surface area contributed by atoms with Gasteiger partial charge in [-0.1, -0.05) is 0 Å². The molecule has 1 fully saturated rings. The molecule has 1 aliphatic rings. The van der Waals surface area contributed by atoms with Crippen LogP contribution in [0.4, 0.5) is 0 Å². The Kier molecular flexibility index (Phi) is 2.30. The second-order valence-corrected chi connectivity index (χ2v) is 4.71. The van der Waals surface area contributed by atoms with Crippen LogP contribution in [0.5, 0.6) is 0 Å².